The number of hydrogen-bond donors (Lipinski definition) is 0. The first-order valence-electron chi connectivity index (χ1n) is 15.8. The first kappa shape index (κ1) is 26.3. The number of hydrogen-bond acceptors (Lipinski definition) is 4. The van der Waals surface area contributed by atoms with Crippen LogP contribution >= 0.6 is 11.3 Å². The smallest absolute Gasteiger partial charge is 0.164 e. The van der Waals surface area contributed by atoms with E-state index < -0.39 is 0 Å². The van der Waals surface area contributed by atoms with Gasteiger partial charge < -0.3 is 0 Å². The Kier molecular flexibility index (Phi) is 5.74. The Balaban J connectivity index is 1.15. The van der Waals surface area contributed by atoms with Crippen molar-refractivity contribution >= 4 is 74.6 Å². The molecule has 10 rings (SSSR count). The van der Waals surface area contributed by atoms with Crippen LogP contribution in [0.5, 0.6) is 0 Å². The van der Waals surface area contributed by atoms with Crippen LogP contribution in [0.4, 0.5) is 0 Å². The van der Waals surface area contributed by atoms with E-state index in [0.717, 1.165) is 22.1 Å². The predicted molar refractivity (Wildman–Crippen MR) is 199 cm³/mol. The van der Waals surface area contributed by atoms with Gasteiger partial charge in [0.05, 0.1) is 0 Å². The molecule has 0 aliphatic rings. The molecule has 218 valence electrons. The summed E-state index contributed by atoms with van der Waals surface area (Å²) in [6.45, 7) is 0. The van der Waals surface area contributed by atoms with Crippen molar-refractivity contribution in [3.05, 3.63) is 152 Å². The maximum absolute atomic E-state index is 5.09. The van der Waals surface area contributed by atoms with Crippen molar-refractivity contribution in [1.82, 2.24) is 15.0 Å². The third kappa shape index (κ3) is 4.23. The van der Waals surface area contributed by atoms with E-state index in [2.05, 4.69) is 133 Å². The van der Waals surface area contributed by atoms with E-state index >= 15 is 0 Å². The van der Waals surface area contributed by atoms with Crippen molar-refractivity contribution in [2.45, 2.75) is 0 Å². The second-order valence-electron chi connectivity index (χ2n) is 12.0. The summed E-state index contributed by atoms with van der Waals surface area (Å²) in [5.74, 6) is 2.00. The van der Waals surface area contributed by atoms with Gasteiger partial charge in [0.25, 0.3) is 0 Å². The van der Waals surface area contributed by atoms with E-state index in [1.165, 1.54) is 57.9 Å². The standard InChI is InChI=1S/C43H25N3S/c1-2-9-27(10-3-1)41-44-42(46-43(45-41)30-17-23-40-38(25-30)37-12-6-7-13-39(37)47-40)29-16-18-32-28(24-29)15-20-36-34(32)22-21-33-31-11-5-4-8-26(31)14-19-35(33)36/h1-25H. The van der Waals surface area contributed by atoms with Crippen molar-refractivity contribution in [1.29, 1.82) is 0 Å². The van der Waals surface area contributed by atoms with Crippen LogP contribution in [0, 0.1) is 0 Å². The van der Waals surface area contributed by atoms with Crippen LogP contribution < -0.4 is 0 Å². The molecule has 4 heteroatoms. The van der Waals surface area contributed by atoms with Crippen LogP contribution in [0.25, 0.3) is 97.4 Å². The second-order valence-corrected chi connectivity index (χ2v) is 13.1. The van der Waals surface area contributed by atoms with E-state index in [4.69, 9.17) is 15.0 Å². The molecule has 0 saturated carbocycles. The Labute approximate surface area is 274 Å². The van der Waals surface area contributed by atoms with Gasteiger partial charge in [-0.3, -0.25) is 0 Å². The lowest BCUT2D eigenvalue weighted by atomic mass is 9.94. The minimum Gasteiger partial charge on any atom is -0.208 e. The quantitative estimate of drug-likeness (QED) is 0.186. The third-order valence-corrected chi connectivity index (χ3v) is 10.5. The summed E-state index contributed by atoms with van der Waals surface area (Å²) in [6, 6.07) is 54.0. The van der Waals surface area contributed by atoms with Crippen LogP contribution in [0.1, 0.15) is 0 Å². The summed E-state index contributed by atoms with van der Waals surface area (Å²) < 4.78 is 2.54. The summed E-state index contributed by atoms with van der Waals surface area (Å²) in [5.41, 5.74) is 2.91. The number of benzene rings is 8. The van der Waals surface area contributed by atoms with E-state index in [1.54, 1.807) is 0 Å². The third-order valence-electron chi connectivity index (χ3n) is 9.30. The zero-order chi connectivity index (χ0) is 30.9. The molecule has 0 N–H and O–H groups in total. The number of nitrogens with zero attached hydrogens (tertiary/aromatic N) is 3. The summed E-state index contributed by atoms with van der Waals surface area (Å²) in [7, 11) is 0. The molecule has 2 aromatic heterocycles. The minimum atomic E-state index is 0.663. The number of fused-ring (bicyclic) bond motifs is 10. The van der Waals surface area contributed by atoms with E-state index in [9.17, 15) is 0 Å². The van der Waals surface area contributed by atoms with E-state index in [-0.39, 0.29) is 0 Å². The monoisotopic (exact) mass is 615 g/mol. The molecule has 0 unspecified atom stereocenters. The van der Waals surface area contributed by atoms with Gasteiger partial charge in [-0.2, -0.15) is 0 Å². The highest BCUT2D eigenvalue weighted by molar-refractivity contribution is 7.25. The molecular formula is C43H25N3S. The molecule has 2 heterocycles. The Morgan fingerprint density at radius 2 is 0.809 bits per heavy atom. The highest BCUT2D eigenvalue weighted by atomic mass is 32.1. The highest BCUT2D eigenvalue weighted by Gasteiger charge is 2.15. The lowest BCUT2D eigenvalue weighted by Gasteiger charge is -2.12. The fourth-order valence-electron chi connectivity index (χ4n) is 7.00. The first-order valence-corrected chi connectivity index (χ1v) is 16.6. The number of aromatic nitrogens is 3. The maximum Gasteiger partial charge on any atom is 0.164 e. The molecule has 0 spiro atoms. The summed E-state index contributed by atoms with van der Waals surface area (Å²) in [6.07, 6.45) is 0. The van der Waals surface area contributed by atoms with Gasteiger partial charge in [0, 0.05) is 36.9 Å². The van der Waals surface area contributed by atoms with Crippen molar-refractivity contribution in [3.63, 3.8) is 0 Å². The van der Waals surface area contributed by atoms with Crippen molar-refractivity contribution in [3.8, 4) is 34.2 Å². The van der Waals surface area contributed by atoms with Gasteiger partial charge in [-0.25, -0.2) is 15.0 Å². The fraction of sp³-hybridized carbons (Fsp3) is 0. The molecule has 0 fully saturated rings. The van der Waals surface area contributed by atoms with Gasteiger partial charge in [-0.15, -0.1) is 11.3 Å². The van der Waals surface area contributed by atoms with E-state index in [1.807, 2.05) is 29.5 Å². The zero-order valence-electron chi connectivity index (χ0n) is 25.2. The average Bonchev–Trinajstić information content (AvgIpc) is 3.52. The minimum absolute atomic E-state index is 0.663. The predicted octanol–water partition coefficient (Wildman–Crippen LogP) is 11.9. The van der Waals surface area contributed by atoms with E-state index in [0.29, 0.717) is 17.5 Å². The Morgan fingerprint density at radius 1 is 0.298 bits per heavy atom. The molecule has 47 heavy (non-hydrogen) atoms. The van der Waals surface area contributed by atoms with Crippen molar-refractivity contribution in [2.24, 2.45) is 0 Å². The molecule has 0 atom stereocenters. The zero-order valence-corrected chi connectivity index (χ0v) is 26.0. The Morgan fingerprint density at radius 3 is 1.60 bits per heavy atom. The summed E-state index contributed by atoms with van der Waals surface area (Å²) in [4.78, 5) is 15.1. The van der Waals surface area contributed by atoms with Crippen LogP contribution in [0.2, 0.25) is 0 Å². The molecule has 3 nitrogen and oxygen atoms in total. The lowest BCUT2D eigenvalue weighted by Crippen LogP contribution is -2.00. The normalized spacial score (nSPS) is 11.8. The molecule has 0 radical (unpaired) electrons. The van der Waals surface area contributed by atoms with Gasteiger partial charge in [-0.1, -0.05) is 121 Å². The molecule has 0 aliphatic heterocycles. The van der Waals surface area contributed by atoms with Crippen LogP contribution in [0.3, 0.4) is 0 Å². The molecule has 8 aromatic carbocycles. The molecular weight excluding hydrogens is 591 g/mol. The second kappa shape index (κ2) is 10.3. The average molecular weight is 616 g/mol. The maximum atomic E-state index is 5.09. The van der Waals surface area contributed by atoms with Gasteiger partial charge in [0.15, 0.2) is 17.5 Å². The van der Waals surface area contributed by atoms with Crippen molar-refractivity contribution in [2.75, 3.05) is 0 Å². The molecule has 10 aromatic rings. The van der Waals surface area contributed by atoms with Gasteiger partial charge >= 0.3 is 0 Å². The van der Waals surface area contributed by atoms with Gasteiger partial charge in [0.2, 0.25) is 0 Å². The Bertz CT molecular complexity index is 2850. The molecule has 0 saturated heterocycles. The Hall–Kier alpha value is -5.97. The van der Waals surface area contributed by atoms with Gasteiger partial charge in [-0.05, 0) is 73.4 Å². The van der Waals surface area contributed by atoms with Crippen LogP contribution in [-0.4, -0.2) is 15.0 Å². The number of rotatable bonds is 3. The lowest BCUT2D eigenvalue weighted by molar-refractivity contribution is 1.08. The largest absolute Gasteiger partial charge is 0.208 e. The molecule has 0 bridgehead atoms. The summed E-state index contributed by atoms with van der Waals surface area (Å²) >= 11 is 1.82. The highest BCUT2D eigenvalue weighted by Crippen LogP contribution is 2.38. The molecule has 0 aliphatic carbocycles. The van der Waals surface area contributed by atoms with Crippen molar-refractivity contribution < 1.29 is 0 Å². The van der Waals surface area contributed by atoms with Crippen LogP contribution in [0.15, 0.2) is 152 Å². The SMILES string of the molecule is c1ccc(-c2nc(-c3ccc4c(ccc5c4ccc4c6ccccc6ccc45)c3)nc(-c3ccc4sc5ccccc5c4c3)n2)cc1. The van der Waals surface area contributed by atoms with Gasteiger partial charge in [0.1, 0.15) is 0 Å². The molecule has 0 amide bonds. The first-order chi connectivity index (χ1) is 23.3. The van der Waals surface area contributed by atoms with Crippen LogP contribution in [-0.2, 0) is 0 Å². The fourth-order valence-corrected chi connectivity index (χ4v) is 8.09. The summed E-state index contributed by atoms with van der Waals surface area (Å²) in [5, 5.41) is 12.5. The number of thiophene rings is 1. The topological polar surface area (TPSA) is 38.7 Å².